The van der Waals surface area contributed by atoms with E-state index in [-0.39, 0.29) is 5.91 Å². The molecule has 1 saturated heterocycles. The average molecular weight is 409 g/mol. The molecule has 2 aromatic rings. The van der Waals surface area contributed by atoms with Crippen molar-refractivity contribution < 1.29 is 4.79 Å². The molecule has 0 spiro atoms. The minimum absolute atomic E-state index is 0.0348. The highest BCUT2D eigenvalue weighted by molar-refractivity contribution is 9.10. The van der Waals surface area contributed by atoms with E-state index < -0.39 is 0 Å². The van der Waals surface area contributed by atoms with E-state index in [0.717, 1.165) is 30.7 Å². The average Bonchev–Trinajstić information content (AvgIpc) is 2.59. The van der Waals surface area contributed by atoms with Crippen molar-refractivity contribution in [1.29, 1.82) is 0 Å². The Morgan fingerprint density at radius 2 is 1.79 bits per heavy atom. The zero-order valence-electron chi connectivity index (χ0n) is 13.2. The van der Waals surface area contributed by atoms with Gasteiger partial charge in [0.25, 0.3) is 0 Å². The number of para-hydroxylation sites is 1. The minimum atomic E-state index is -0.0348. The van der Waals surface area contributed by atoms with Crippen LogP contribution in [0.15, 0.2) is 53.0 Å². The van der Waals surface area contributed by atoms with Crippen LogP contribution in [0.3, 0.4) is 0 Å². The summed E-state index contributed by atoms with van der Waals surface area (Å²) in [6, 6.07) is 15.8. The molecule has 0 aliphatic carbocycles. The molecular formula is C18H19BrClN3O. The molecule has 0 aromatic heterocycles. The van der Waals surface area contributed by atoms with Crippen molar-refractivity contribution in [2.75, 3.05) is 42.9 Å². The third-order valence-electron chi connectivity index (χ3n) is 4.07. The fraction of sp³-hybridized carbons (Fsp3) is 0.278. The van der Waals surface area contributed by atoms with Gasteiger partial charge in [0.05, 0.1) is 17.3 Å². The molecule has 2 aromatic carbocycles. The van der Waals surface area contributed by atoms with Gasteiger partial charge in [-0.05, 0) is 30.3 Å². The smallest absolute Gasteiger partial charge is 0.238 e. The lowest BCUT2D eigenvalue weighted by Gasteiger charge is -2.35. The number of hydrogen-bond acceptors (Lipinski definition) is 3. The van der Waals surface area contributed by atoms with Crippen LogP contribution in [0.2, 0.25) is 5.02 Å². The summed E-state index contributed by atoms with van der Waals surface area (Å²) in [5, 5.41) is 3.41. The molecule has 1 amide bonds. The highest BCUT2D eigenvalue weighted by atomic mass is 79.9. The number of carbonyl (C=O) groups is 1. The fourth-order valence-corrected chi connectivity index (χ4v) is 3.51. The topological polar surface area (TPSA) is 35.6 Å². The van der Waals surface area contributed by atoms with Crippen LogP contribution in [0.5, 0.6) is 0 Å². The highest BCUT2D eigenvalue weighted by Gasteiger charge is 2.19. The maximum absolute atomic E-state index is 12.2. The second kappa shape index (κ2) is 8.01. The van der Waals surface area contributed by atoms with Crippen molar-refractivity contribution in [1.82, 2.24) is 4.90 Å². The predicted octanol–water partition coefficient (Wildman–Crippen LogP) is 3.86. The Morgan fingerprint density at radius 1 is 1.08 bits per heavy atom. The van der Waals surface area contributed by atoms with Gasteiger partial charge in [0.1, 0.15) is 0 Å². The van der Waals surface area contributed by atoms with Crippen LogP contribution in [0.4, 0.5) is 11.4 Å². The van der Waals surface area contributed by atoms with E-state index in [4.69, 9.17) is 11.6 Å². The van der Waals surface area contributed by atoms with E-state index in [9.17, 15) is 4.79 Å². The summed E-state index contributed by atoms with van der Waals surface area (Å²) in [4.78, 5) is 16.7. The maximum Gasteiger partial charge on any atom is 0.238 e. The van der Waals surface area contributed by atoms with Gasteiger partial charge in [-0.3, -0.25) is 9.69 Å². The van der Waals surface area contributed by atoms with Gasteiger partial charge >= 0.3 is 0 Å². The van der Waals surface area contributed by atoms with Gasteiger partial charge in [-0.25, -0.2) is 0 Å². The summed E-state index contributed by atoms with van der Waals surface area (Å²) in [6.45, 7) is 3.98. The Labute approximate surface area is 155 Å². The zero-order chi connectivity index (χ0) is 16.9. The molecule has 4 nitrogen and oxygen atoms in total. The molecule has 1 fully saturated rings. The maximum atomic E-state index is 12.2. The first-order chi connectivity index (χ1) is 11.6. The van der Waals surface area contributed by atoms with Crippen LogP contribution in [0, 0.1) is 0 Å². The quantitative estimate of drug-likeness (QED) is 0.834. The summed E-state index contributed by atoms with van der Waals surface area (Å²) >= 11 is 9.50. The standard InChI is InChI=1S/C18H19BrClN3O/c19-14-6-7-17(16(20)12-14)21-18(24)13-22-8-10-23(11-9-22)15-4-2-1-3-5-15/h1-7,12H,8-11,13H2,(H,21,24). The lowest BCUT2D eigenvalue weighted by molar-refractivity contribution is -0.117. The molecule has 0 atom stereocenters. The number of nitrogens with one attached hydrogen (secondary N) is 1. The van der Waals surface area contributed by atoms with Crippen molar-refractivity contribution in [3.8, 4) is 0 Å². The van der Waals surface area contributed by atoms with Gasteiger partial charge in [0, 0.05) is 36.3 Å². The van der Waals surface area contributed by atoms with Crippen LogP contribution in [0.25, 0.3) is 0 Å². The first-order valence-electron chi connectivity index (χ1n) is 7.89. The Balaban J connectivity index is 1.50. The van der Waals surface area contributed by atoms with E-state index in [2.05, 4.69) is 55.3 Å². The van der Waals surface area contributed by atoms with Crippen LogP contribution in [-0.4, -0.2) is 43.5 Å². The molecule has 1 aliphatic rings. The van der Waals surface area contributed by atoms with Crippen LogP contribution in [0.1, 0.15) is 0 Å². The Bertz CT molecular complexity index is 703. The third-order valence-corrected chi connectivity index (χ3v) is 4.87. The van der Waals surface area contributed by atoms with Gasteiger partial charge in [-0.2, -0.15) is 0 Å². The number of halogens is 2. The summed E-state index contributed by atoms with van der Waals surface area (Å²) in [5.41, 5.74) is 1.89. The Hall–Kier alpha value is -1.56. The van der Waals surface area contributed by atoms with Crippen molar-refractivity contribution in [3.05, 3.63) is 58.0 Å². The second-order valence-electron chi connectivity index (χ2n) is 5.77. The van der Waals surface area contributed by atoms with Crippen molar-refractivity contribution >= 4 is 44.8 Å². The first kappa shape index (κ1) is 17.3. The summed E-state index contributed by atoms with van der Waals surface area (Å²) in [5.74, 6) is -0.0348. The van der Waals surface area contributed by atoms with Gasteiger partial charge in [0.2, 0.25) is 5.91 Å². The Kier molecular flexibility index (Phi) is 5.76. The van der Waals surface area contributed by atoms with Gasteiger partial charge in [-0.1, -0.05) is 45.7 Å². The molecule has 126 valence electrons. The number of nitrogens with zero attached hydrogens (tertiary/aromatic N) is 2. The van der Waals surface area contributed by atoms with E-state index in [1.165, 1.54) is 5.69 Å². The number of piperazine rings is 1. The van der Waals surface area contributed by atoms with E-state index in [1.807, 2.05) is 12.1 Å². The SMILES string of the molecule is O=C(CN1CCN(c2ccccc2)CC1)Nc1ccc(Br)cc1Cl. The predicted molar refractivity (Wildman–Crippen MR) is 103 cm³/mol. The fourth-order valence-electron chi connectivity index (χ4n) is 2.79. The number of rotatable bonds is 4. The van der Waals surface area contributed by atoms with Gasteiger partial charge in [-0.15, -0.1) is 0 Å². The van der Waals surface area contributed by atoms with Gasteiger partial charge in [0.15, 0.2) is 0 Å². The summed E-state index contributed by atoms with van der Waals surface area (Å²) in [6.07, 6.45) is 0. The first-order valence-corrected chi connectivity index (χ1v) is 9.06. The van der Waals surface area contributed by atoms with Crippen LogP contribution >= 0.6 is 27.5 Å². The van der Waals surface area contributed by atoms with E-state index in [1.54, 1.807) is 12.1 Å². The van der Waals surface area contributed by atoms with Crippen molar-refractivity contribution in [2.24, 2.45) is 0 Å². The summed E-state index contributed by atoms with van der Waals surface area (Å²) < 4.78 is 0.891. The molecule has 1 heterocycles. The van der Waals surface area contributed by atoms with Crippen LogP contribution in [-0.2, 0) is 4.79 Å². The van der Waals surface area contributed by atoms with E-state index >= 15 is 0 Å². The largest absolute Gasteiger partial charge is 0.369 e. The third kappa shape index (κ3) is 4.50. The monoisotopic (exact) mass is 407 g/mol. The molecular weight excluding hydrogens is 390 g/mol. The zero-order valence-corrected chi connectivity index (χ0v) is 15.6. The molecule has 1 aliphatic heterocycles. The van der Waals surface area contributed by atoms with Crippen molar-refractivity contribution in [3.63, 3.8) is 0 Å². The number of benzene rings is 2. The molecule has 3 rings (SSSR count). The number of amides is 1. The summed E-state index contributed by atoms with van der Waals surface area (Å²) in [7, 11) is 0. The highest BCUT2D eigenvalue weighted by Crippen LogP contribution is 2.25. The minimum Gasteiger partial charge on any atom is -0.369 e. The molecule has 24 heavy (non-hydrogen) atoms. The lowest BCUT2D eigenvalue weighted by Crippen LogP contribution is -2.48. The molecule has 1 N–H and O–H groups in total. The molecule has 0 saturated carbocycles. The lowest BCUT2D eigenvalue weighted by atomic mass is 10.2. The molecule has 0 unspecified atom stereocenters. The van der Waals surface area contributed by atoms with Crippen molar-refractivity contribution in [2.45, 2.75) is 0 Å². The van der Waals surface area contributed by atoms with Gasteiger partial charge < -0.3 is 10.2 Å². The van der Waals surface area contributed by atoms with E-state index in [0.29, 0.717) is 17.3 Å². The molecule has 6 heteroatoms. The second-order valence-corrected chi connectivity index (χ2v) is 7.09. The number of anilines is 2. The molecule has 0 radical (unpaired) electrons. The Morgan fingerprint density at radius 3 is 2.46 bits per heavy atom. The van der Waals surface area contributed by atoms with Crippen LogP contribution < -0.4 is 10.2 Å². The normalized spacial score (nSPS) is 15.3. The number of hydrogen-bond donors (Lipinski definition) is 1. The number of carbonyl (C=O) groups excluding carboxylic acids is 1. The molecule has 0 bridgehead atoms.